The van der Waals surface area contributed by atoms with Gasteiger partial charge in [-0.1, -0.05) is 20.8 Å². The molecular formula is C14H16N2O4S. The lowest BCUT2D eigenvalue weighted by atomic mass is 9.86. The van der Waals surface area contributed by atoms with Crippen LogP contribution in [0.1, 0.15) is 32.8 Å². The normalized spacial score (nSPS) is 19.2. The molecule has 1 unspecified atom stereocenters. The summed E-state index contributed by atoms with van der Waals surface area (Å²) < 4.78 is 0. The number of non-ortho nitro benzene ring substituents is 1. The fourth-order valence-corrected chi connectivity index (χ4v) is 2.42. The van der Waals surface area contributed by atoms with Crippen LogP contribution < -0.4 is 4.90 Å². The molecule has 0 aromatic heterocycles. The summed E-state index contributed by atoms with van der Waals surface area (Å²) in [5.74, 6) is -0.830. The van der Waals surface area contributed by atoms with Crippen molar-refractivity contribution in [1.29, 1.82) is 0 Å². The van der Waals surface area contributed by atoms with Gasteiger partial charge in [0.05, 0.1) is 15.9 Å². The third-order valence-electron chi connectivity index (χ3n) is 3.36. The fourth-order valence-electron chi connectivity index (χ4n) is 2.15. The van der Waals surface area contributed by atoms with Crippen molar-refractivity contribution in [2.24, 2.45) is 0 Å². The van der Waals surface area contributed by atoms with E-state index < -0.39 is 16.1 Å². The quantitative estimate of drug-likeness (QED) is 0.394. The average Bonchev–Trinajstić information content (AvgIpc) is 2.61. The monoisotopic (exact) mass is 308 g/mol. The predicted molar refractivity (Wildman–Crippen MR) is 81.7 cm³/mol. The van der Waals surface area contributed by atoms with Crippen molar-refractivity contribution in [2.45, 2.75) is 37.9 Å². The van der Waals surface area contributed by atoms with Crippen LogP contribution in [0, 0.1) is 10.1 Å². The first-order chi connectivity index (χ1) is 9.61. The Kier molecular flexibility index (Phi) is 3.79. The Labute approximate surface area is 127 Å². The lowest BCUT2D eigenvalue weighted by Gasteiger charge is -2.22. The van der Waals surface area contributed by atoms with Crippen molar-refractivity contribution in [3.8, 4) is 0 Å². The van der Waals surface area contributed by atoms with Crippen LogP contribution in [0.3, 0.4) is 0 Å². The number of imide groups is 1. The van der Waals surface area contributed by atoms with E-state index in [9.17, 15) is 19.7 Å². The molecular weight excluding hydrogens is 292 g/mol. The second-order valence-corrected chi connectivity index (χ2v) is 6.66. The van der Waals surface area contributed by atoms with Gasteiger partial charge in [0, 0.05) is 18.6 Å². The Morgan fingerprint density at radius 2 is 1.90 bits per heavy atom. The largest absolute Gasteiger partial charge is 0.274 e. The van der Waals surface area contributed by atoms with Gasteiger partial charge in [0.1, 0.15) is 0 Å². The summed E-state index contributed by atoms with van der Waals surface area (Å²) in [6, 6.07) is 4.36. The molecule has 7 heteroatoms. The molecule has 0 bridgehead atoms. The molecule has 0 aliphatic carbocycles. The molecule has 1 aromatic rings. The highest BCUT2D eigenvalue weighted by atomic mass is 32.1. The summed E-state index contributed by atoms with van der Waals surface area (Å²) in [6.45, 7) is 5.72. The number of carbonyl (C=O) groups excluding carboxylic acids is 2. The van der Waals surface area contributed by atoms with Gasteiger partial charge >= 0.3 is 0 Å². The summed E-state index contributed by atoms with van der Waals surface area (Å²) >= 11 is 4.06. The van der Waals surface area contributed by atoms with Crippen molar-refractivity contribution < 1.29 is 14.5 Å². The maximum Gasteiger partial charge on any atom is 0.271 e. The van der Waals surface area contributed by atoms with Gasteiger partial charge in [-0.3, -0.25) is 19.7 Å². The number of thiol groups is 1. The van der Waals surface area contributed by atoms with Gasteiger partial charge in [-0.25, -0.2) is 4.90 Å². The van der Waals surface area contributed by atoms with Crippen LogP contribution in [-0.4, -0.2) is 22.0 Å². The van der Waals surface area contributed by atoms with Crippen LogP contribution in [0.4, 0.5) is 11.4 Å². The maximum atomic E-state index is 12.0. The molecule has 0 N–H and O–H groups in total. The van der Waals surface area contributed by atoms with Crippen LogP contribution >= 0.6 is 12.6 Å². The molecule has 0 saturated carbocycles. The van der Waals surface area contributed by atoms with Crippen LogP contribution in [0.25, 0.3) is 0 Å². The maximum absolute atomic E-state index is 12.0. The highest BCUT2D eigenvalue weighted by Crippen LogP contribution is 2.34. The molecule has 21 heavy (non-hydrogen) atoms. The van der Waals surface area contributed by atoms with E-state index in [1.54, 1.807) is 6.07 Å². The first-order valence-electron chi connectivity index (χ1n) is 6.46. The molecule has 1 fully saturated rings. The Morgan fingerprint density at radius 1 is 1.29 bits per heavy atom. The Balaban J connectivity index is 2.58. The van der Waals surface area contributed by atoms with Gasteiger partial charge in [-0.15, -0.1) is 0 Å². The van der Waals surface area contributed by atoms with Gasteiger partial charge in [0.2, 0.25) is 11.8 Å². The van der Waals surface area contributed by atoms with E-state index in [0.717, 1.165) is 4.90 Å². The second-order valence-electron chi connectivity index (χ2n) is 6.03. The minimum absolute atomic E-state index is 0.00941. The van der Waals surface area contributed by atoms with Crippen LogP contribution in [0.5, 0.6) is 0 Å². The summed E-state index contributed by atoms with van der Waals surface area (Å²) in [7, 11) is 0. The Morgan fingerprint density at radius 3 is 2.33 bits per heavy atom. The summed E-state index contributed by atoms with van der Waals surface area (Å²) in [5.41, 5.74) is 0.448. The summed E-state index contributed by atoms with van der Waals surface area (Å²) in [4.78, 5) is 35.5. The van der Waals surface area contributed by atoms with Crippen molar-refractivity contribution >= 4 is 35.8 Å². The van der Waals surface area contributed by atoms with Gasteiger partial charge in [0.25, 0.3) is 5.69 Å². The SMILES string of the molecule is CC(C)(C)c1cc(N2C(=O)CC(S)C2=O)cc([N+](=O)[O-])c1. The van der Waals surface area contributed by atoms with Crippen molar-refractivity contribution in [3.63, 3.8) is 0 Å². The van der Waals surface area contributed by atoms with Gasteiger partial charge in [-0.05, 0) is 17.0 Å². The molecule has 1 aliphatic rings. The Bertz CT molecular complexity index is 636. The molecule has 2 amide bonds. The number of anilines is 1. The fraction of sp³-hybridized carbons (Fsp3) is 0.429. The molecule has 1 saturated heterocycles. The third-order valence-corrected chi connectivity index (χ3v) is 3.76. The molecule has 0 spiro atoms. The molecule has 0 radical (unpaired) electrons. The second kappa shape index (κ2) is 5.14. The van der Waals surface area contributed by atoms with E-state index >= 15 is 0 Å². The number of nitrogens with zero attached hydrogens (tertiary/aromatic N) is 2. The lowest BCUT2D eigenvalue weighted by Crippen LogP contribution is -2.31. The van der Waals surface area contributed by atoms with Gasteiger partial charge in [0.15, 0.2) is 0 Å². The summed E-state index contributed by atoms with van der Waals surface area (Å²) in [5, 5.41) is 10.4. The molecule has 1 aromatic carbocycles. The number of carbonyl (C=O) groups is 2. The van der Waals surface area contributed by atoms with E-state index in [1.807, 2.05) is 20.8 Å². The highest BCUT2D eigenvalue weighted by molar-refractivity contribution is 7.82. The van der Waals surface area contributed by atoms with E-state index in [1.165, 1.54) is 12.1 Å². The van der Waals surface area contributed by atoms with Crippen LogP contribution in [-0.2, 0) is 15.0 Å². The zero-order chi connectivity index (χ0) is 15.9. The number of hydrogen-bond acceptors (Lipinski definition) is 5. The van der Waals surface area contributed by atoms with Gasteiger partial charge in [-0.2, -0.15) is 12.6 Å². The van der Waals surface area contributed by atoms with Gasteiger partial charge < -0.3 is 0 Å². The number of hydrogen-bond donors (Lipinski definition) is 1. The average molecular weight is 308 g/mol. The van der Waals surface area contributed by atoms with Crippen molar-refractivity contribution in [1.82, 2.24) is 0 Å². The van der Waals surface area contributed by atoms with E-state index in [0.29, 0.717) is 5.56 Å². The number of nitro benzene ring substituents is 1. The van der Waals surface area contributed by atoms with Crippen LogP contribution in [0.2, 0.25) is 0 Å². The van der Waals surface area contributed by atoms with E-state index in [-0.39, 0.29) is 29.1 Å². The zero-order valence-electron chi connectivity index (χ0n) is 12.0. The Hall–Kier alpha value is -1.89. The minimum atomic E-state index is -0.685. The number of nitro groups is 1. The topological polar surface area (TPSA) is 80.5 Å². The zero-order valence-corrected chi connectivity index (χ0v) is 12.9. The molecule has 1 heterocycles. The lowest BCUT2D eigenvalue weighted by molar-refractivity contribution is -0.384. The van der Waals surface area contributed by atoms with Crippen molar-refractivity contribution in [3.05, 3.63) is 33.9 Å². The molecule has 112 valence electrons. The molecule has 1 aliphatic heterocycles. The minimum Gasteiger partial charge on any atom is -0.274 e. The smallest absolute Gasteiger partial charge is 0.271 e. The first kappa shape index (κ1) is 15.5. The van der Waals surface area contributed by atoms with E-state index in [2.05, 4.69) is 12.6 Å². The van der Waals surface area contributed by atoms with E-state index in [4.69, 9.17) is 0 Å². The summed E-state index contributed by atoms with van der Waals surface area (Å²) in [6.07, 6.45) is 0.00941. The highest BCUT2D eigenvalue weighted by Gasteiger charge is 2.38. The standard InChI is InChI=1S/C14H16N2O4S/c1-14(2,3)8-4-9(6-10(5-8)16(19)20)15-12(17)7-11(21)13(15)18/h4-6,11,21H,7H2,1-3H3. The molecule has 2 rings (SSSR count). The first-order valence-corrected chi connectivity index (χ1v) is 6.97. The van der Waals surface area contributed by atoms with Crippen molar-refractivity contribution in [2.75, 3.05) is 4.90 Å². The molecule has 6 nitrogen and oxygen atoms in total. The van der Waals surface area contributed by atoms with Crippen LogP contribution in [0.15, 0.2) is 18.2 Å². The predicted octanol–water partition coefficient (Wildman–Crippen LogP) is 2.45. The third kappa shape index (κ3) is 2.92. The number of amides is 2. The molecule has 1 atom stereocenters. The number of benzene rings is 1. The number of rotatable bonds is 2.